The Hall–Kier alpha value is 0.970. The lowest BCUT2D eigenvalue weighted by Gasteiger charge is -2.19. The van der Waals surface area contributed by atoms with Gasteiger partial charge in [-0.1, -0.05) is 68.9 Å². The van der Waals surface area contributed by atoms with Crippen molar-refractivity contribution < 1.29 is 0 Å². The van der Waals surface area contributed by atoms with Crippen molar-refractivity contribution in [3.8, 4) is 0 Å². The first kappa shape index (κ1) is 11.0. The van der Waals surface area contributed by atoms with Crippen molar-refractivity contribution in [1.82, 2.24) is 0 Å². The minimum atomic E-state index is 0.0813. The molecule has 0 bridgehead atoms. The molecule has 0 atom stereocenters. The van der Waals surface area contributed by atoms with E-state index in [-0.39, 0.29) is 1.43 Å². The topological polar surface area (TPSA) is 0 Å². The Morgan fingerprint density at radius 1 is 1.33 bits per heavy atom. The van der Waals surface area contributed by atoms with Gasteiger partial charge in [0.05, 0.1) is 1.43 Å². The summed E-state index contributed by atoms with van der Waals surface area (Å²) in [6, 6.07) is 6.02. The first-order valence-electron chi connectivity index (χ1n) is 3.56. The molecule has 3 heteroatoms. The van der Waals surface area contributed by atoms with Crippen molar-refractivity contribution in [3.63, 3.8) is 0 Å². The number of rotatable bonds is 1. The molecule has 0 saturated carbocycles. The lowest BCUT2D eigenvalue weighted by Crippen LogP contribution is -2.05. The summed E-state index contributed by atoms with van der Waals surface area (Å²) in [5.74, 6) is 0. The lowest BCUT2D eigenvalue weighted by molar-refractivity contribution is 1.08. The van der Waals surface area contributed by atoms with Crippen LogP contribution in [0.1, 0.15) is 18.1 Å². The van der Waals surface area contributed by atoms with Gasteiger partial charge in [-0.25, -0.2) is 0 Å². The van der Waals surface area contributed by atoms with E-state index in [1.807, 2.05) is 12.1 Å². The van der Waals surface area contributed by atoms with E-state index in [2.05, 4.69) is 65.1 Å². The van der Waals surface area contributed by atoms with Crippen molar-refractivity contribution in [3.05, 3.63) is 34.3 Å². The molecule has 1 rings (SSSR count). The van der Waals surface area contributed by atoms with Gasteiger partial charge < -0.3 is 0 Å². The van der Waals surface area contributed by atoms with E-state index in [0.717, 1.165) is 5.02 Å². The van der Waals surface area contributed by atoms with Gasteiger partial charge >= 0.3 is 0 Å². The molecule has 0 spiro atoms. The van der Waals surface area contributed by atoms with Crippen LogP contribution in [-0.4, -0.2) is 0 Å². The van der Waals surface area contributed by atoms with Crippen LogP contribution in [0.25, 0.3) is 0 Å². The van der Waals surface area contributed by atoms with Gasteiger partial charge in [0.1, 0.15) is 0 Å². The van der Waals surface area contributed by atoms with E-state index < -0.39 is 0 Å². The Morgan fingerprint density at radius 3 is 2.25 bits per heavy atom. The van der Waals surface area contributed by atoms with Crippen LogP contribution in [0.15, 0.2) is 18.2 Å². The molecule has 0 amide bonds. The molecular weight excluding hydrogens is 397 g/mol. The van der Waals surface area contributed by atoms with E-state index >= 15 is 0 Å². The third-order valence-electron chi connectivity index (χ3n) is 1.66. The van der Waals surface area contributed by atoms with E-state index in [0.29, 0.717) is 0 Å². The average Bonchev–Trinajstić information content (AvgIpc) is 1.82. The molecule has 0 aliphatic heterocycles. The zero-order chi connectivity index (χ0) is 9.35. The third-order valence-corrected chi connectivity index (χ3v) is 3.05. The highest BCUT2D eigenvalue weighted by Crippen LogP contribution is 2.43. The van der Waals surface area contributed by atoms with Crippen LogP contribution in [0.4, 0.5) is 0 Å². The molecular formula is C9H9ClI2. The maximum absolute atomic E-state index is 6.10. The fourth-order valence-electron chi connectivity index (χ4n) is 1.19. The zero-order valence-corrected chi connectivity index (χ0v) is 11.9. The van der Waals surface area contributed by atoms with Crippen LogP contribution in [0, 0.1) is 6.92 Å². The molecule has 66 valence electrons. The molecule has 0 aromatic heterocycles. The minimum Gasteiger partial charge on any atom is -0.0839 e. The largest absolute Gasteiger partial charge is 0.0970 e. The molecule has 0 heterocycles. The number of benzene rings is 1. The maximum atomic E-state index is 6.10. The van der Waals surface area contributed by atoms with Crippen molar-refractivity contribution >= 4 is 56.8 Å². The molecule has 0 nitrogen and oxygen atoms in total. The summed E-state index contributed by atoms with van der Waals surface area (Å²) in [4.78, 5) is 0. The summed E-state index contributed by atoms with van der Waals surface area (Å²) in [6.07, 6.45) is 0. The molecule has 1 aromatic rings. The predicted octanol–water partition coefficient (Wildman–Crippen LogP) is 4.69. The summed E-state index contributed by atoms with van der Waals surface area (Å²) >= 11 is 10.9. The van der Waals surface area contributed by atoms with E-state index in [1.54, 1.807) is 0 Å². The van der Waals surface area contributed by atoms with Crippen LogP contribution in [0.3, 0.4) is 0 Å². The number of halogens is 3. The van der Waals surface area contributed by atoms with Gasteiger partial charge in [0.25, 0.3) is 0 Å². The molecule has 0 N–H and O–H groups in total. The average molecular weight is 406 g/mol. The molecule has 0 fully saturated rings. The fraction of sp³-hybridized carbons (Fsp3) is 0.333. The highest BCUT2D eigenvalue weighted by Gasteiger charge is 2.22. The maximum Gasteiger partial charge on any atom is 0.0970 e. The molecule has 0 unspecified atom stereocenters. The summed E-state index contributed by atoms with van der Waals surface area (Å²) in [5, 5.41) is 0.862. The smallest absolute Gasteiger partial charge is 0.0839 e. The van der Waals surface area contributed by atoms with Gasteiger partial charge in [-0.3, -0.25) is 0 Å². The number of alkyl halides is 2. The fourth-order valence-corrected chi connectivity index (χ4v) is 3.35. The Balaban J connectivity index is 3.31. The molecule has 0 aliphatic rings. The summed E-state index contributed by atoms with van der Waals surface area (Å²) < 4.78 is 0.0813. The van der Waals surface area contributed by atoms with Gasteiger partial charge in [0, 0.05) is 5.02 Å². The molecule has 1 aromatic carbocycles. The Bertz CT molecular complexity index is 269. The highest BCUT2D eigenvalue weighted by atomic mass is 127. The van der Waals surface area contributed by atoms with E-state index in [9.17, 15) is 0 Å². The number of hydrogen-bond acceptors (Lipinski definition) is 0. The van der Waals surface area contributed by atoms with Crippen molar-refractivity contribution in [2.45, 2.75) is 15.3 Å². The van der Waals surface area contributed by atoms with Crippen molar-refractivity contribution in [1.29, 1.82) is 0 Å². The SMILES string of the molecule is Cc1cccc(Cl)c1C(C)(I)I. The summed E-state index contributed by atoms with van der Waals surface area (Å²) in [5.41, 5.74) is 2.49. The van der Waals surface area contributed by atoms with E-state index in [4.69, 9.17) is 11.6 Å². The van der Waals surface area contributed by atoms with Crippen LogP contribution < -0.4 is 0 Å². The molecule has 12 heavy (non-hydrogen) atoms. The van der Waals surface area contributed by atoms with Crippen LogP contribution in [0.2, 0.25) is 5.02 Å². The van der Waals surface area contributed by atoms with Gasteiger partial charge in [-0.2, -0.15) is 0 Å². The first-order valence-corrected chi connectivity index (χ1v) is 6.10. The Labute approximate surface area is 105 Å². The van der Waals surface area contributed by atoms with E-state index in [1.165, 1.54) is 11.1 Å². The van der Waals surface area contributed by atoms with Gasteiger partial charge in [0.15, 0.2) is 0 Å². The standard InChI is InChI=1S/C9H9ClI2/c1-6-4-3-5-7(10)8(6)9(2,11)12/h3-5H,1-2H3. The second kappa shape index (κ2) is 4.00. The first-order chi connectivity index (χ1) is 5.43. The van der Waals surface area contributed by atoms with Crippen LogP contribution >= 0.6 is 56.8 Å². The van der Waals surface area contributed by atoms with Gasteiger partial charge in [-0.05, 0) is 31.0 Å². The van der Waals surface area contributed by atoms with Crippen LogP contribution in [-0.2, 0) is 1.43 Å². The Kier molecular flexibility index (Phi) is 3.69. The third kappa shape index (κ3) is 2.48. The van der Waals surface area contributed by atoms with Crippen LogP contribution in [0.5, 0.6) is 0 Å². The van der Waals surface area contributed by atoms with Gasteiger partial charge in [-0.15, -0.1) is 0 Å². The number of hydrogen-bond donors (Lipinski definition) is 0. The monoisotopic (exact) mass is 406 g/mol. The van der Waals surface area contributed by atoms with Crippen molar-refractivity contribution in [2.75, 3.05) is 0 Å². The quantitative estimate of drug-likeness (QED) is 0.469. The lowest BCUT2D eigenvalue weighted by atomic mass is 10.1. The minimum absolute atomic E-state index is 0.0813. The molecule has 0 aliphatic carbocycles. The zero-order valence-electron chi connectivity index (χ0n) is 6.87. The predicted molar refractivity (Wildman–Crippen MR) is 71.6 cm³/mol. The Morgan fingerprint density at radius 2 is 1.92 bits per heavy atom. The normalized spacial score (nSPS) is 11.8. The second-order valence-corrected chi connectivity index (χ2v) is 9.61. The molecule has 0 saturated heterocycles. The highest BCUT2D eigenvalue weighted by molar-refractivity contribution is 14.2. The van der Waals surface area contributed by atoms with Crippen molar-refractivity contribution in [2.24, 2.45) is 0 Å². The second-order valence-electron chi connectivity index (χ2n) is 2.82. The summed E-state index contributed by atoms with van der Waals surface area (Å²) in [7, 11) is 0. The summed E-state index contributed by atoms with van der Waals surface area (Å²) in [6.45, 7) is 4.25. The molecule has 0 radical (unpaired) electrons. The van der Waals surface area contributed by atoms with Gasteiger partial charge in [0.2, 0.25) is 0 Å². The number of aryl methyl sites for hydroxylation is 1.